The Labute approximate surface area is 188 Å². The number of carbonyl (C=O) groups is 2. The minimum absolute atomic E-state index is 0.231. The van der Waals surface area contributed by atoms with Gasteiger partial charge in [0.05, 0.1) is 12.7 Å². The van der Waals surface area contributed by atoms with Crippen LogP contribution in [-0.2, 0) is 11.4 Å². The van der Waals surface area contributed by atoms with Gasteiger partial charge in [-0.1, -0.05) is 36.4 Å². The van der Waals surface area contributed by atoms with Gasteiger partial charge in [0, 0.05) is 4.47 Å². The number of methoxy groups -OCH3 is 1. The van der Waals surface area contributed by atoms with Gasteiger partial charge in [0.15, 0.2) is 0 Å². The number of nitrogens with one attached hydrogen (secondary N) is 1. The highest BCUT2D eigenvalue weighted by Gasteiger charge is 2.15. The van der Waals surface area contributed by atoms with Crippen LogP contribution in [0.3, 0.4) is 0 Å². The fourth-order valence-electron chi connectivity index (χ4n) is 2.74. The number of aliphatic carboxylic acids is 1. The molecule has 0 saturated carbocycles. The molecule has 31 heavy (non-hydrogen) atoms. The lowest BCUT2D eigenvalue weighted by Crippen LogP contribution is -2.27. The van der Waals surface area contributed by atoms with Gasteiger partial charge in [0.2, 0.25) is 0 Å². The molecule has 0 heterocycles. The molecular formula is C24H20BrNO5. The first-order valence-corrected chi connectivity index (χ1v) is 10.1. The summed E-state index contributed by atoms with van der Waals surface area (Å²) in [6, 6.07) is 21.3. The van der Waals surface area contributed by atoms with Crippen LogP contribution in [0.25, 0.3) is 6.08 Å². The van der Waals surface area contributed by atoms with Gasteiger partial charge < -0.3 is 19.9 Å². The maximum Gasteiger partial charge on any atom is 0.352 e. The van der Waals surface area contributed by atoms with Crippen LogP contribution < -0.4 is 14.8 Å². The maximum absolute atomic E-state index is 12.4. The first-order valence-electron chi connectivity index (χ1n) is 9.33. The summed E-state index contributed by atoms with van der Waals surface area (Å²) in [5.41, 5.74) is 1.69. The van der Waals surface area contributed by atoms with Crippen LogP contribution in [0.1, 0.15) is 21.5 Å². The lowest BCUT2D eigenvalue weighted by molar-refractivity contribution is -0.132. The molecule has 0 radical (unpaired) electrons. The number of carboxylic acids is 1. The molecule has 3 rings (SSSR count). The molecule has 3 aromatic carbocycles. The molecule has 0 unspecified atom stereocenters. The largest absolute Gasteiger partial charge is 0.497 e. The molecule has 0 aliphatic rings. The molecule has 0 bridgehead atoms. The molecular weight excluding hydrogens is 462 g/mol. The first-order chi connectivity index (χ1) is 15.0. The third-order valence-corrected chi connectivity index (χ3v) is 5.02. The Morgan fingerprint density at radius 3 is 2.42 bits per heavy atom. The Bertz CT molecular complexity index is 1110. The number of hydrogen-bond donors (Lipinski definition) is 2. The van der Waals surface area contributed by atoms with Crippen LogP contribution in [0.4, 0.5) is 0 Å². The van der Waals surface area contributed by atoms with Gasteiger partial charge in [-0.25, -0.2) is 4.79 Å². The van der Waals surface area contributed by atoms with E-state index >= 15 is 0 Å². The number of hydrogen-bond acceptors (Lipinski definition) is 4. The van der Waals surface area contributed by atoms with E-state index in [0.29, 0.717) is 28.0 Å². The van der Waals surface area contributed by atoms with Crippen molar-refractivity contribution >= 4 is 33.9 Å². The molecule has 2 N–H and O–H groups in total. The zero-order valence-corrected chi connectivity index (χ0v) is 18.3. The van der Waals surface area contributed by atoms with Gasteiger partial charge in [-0.05, 0) is 69.5 Å². The SMILES string of the molecule is COc1cccc(COc2ccc(/C=C(/NC(=O)c3ccccc3Br)C(=O)O)cc2)c1. The molecule has 0 aliphatic heterocycles. The molecule has 6 nitrogen and oxygen atoms in total. The van der Waals surface area contributed by atoms with Crippen LogP contribution >= 0.6 is 15.9 Å². The number of ether oxygens (including phenoxy) is 2. The smallest absolute Gasteiger partial charge is 0.352 e. The Kier molecular flexibility index (Phi) is 7.45. The van der Waals surface area contributed by atoms with E-state index in [1.54, 1.807) is 55.6 Å². The van der Waals surface area contributed by atoms with Crippen LogP contribution in [0, 0.1) is 0 Å². The highest BCUT2D eigenvalue weighted by atomic mass is 79.9. The summed E-state index contributed by atoms with van der Waals surface area (Å²) >= 11 is 3.29. The number of rotatable bonds is 8. The molecule has 7 heteroatoms. The minimum Gasteiger partial charge on any atom is -0.497 e. The predicted molar refractivity (Wildman–Crippen MR) is 121 cm³/mol. The van der Waals surface area contributed by atoms with Crippen molar-refractivity contribution in [2.75, 3.05) is 7.11 Å². The highest BCUT2D eigenvalue weighted by Crippen LogP contribution is 2.19. The second-order valence-electron chi connectivity index (χ2n) is 6.51. The van der Waals surface area contributed by atoms with Crippen molar-refractivity contribution < 1.29 is 24.2 Å². The summed E-state index contributed by atoms with van der Waals surface area (Å²) in [4.78, 5) is 24.0. The monoisotopic (exact) mass is 481 g/mol. The van der Waals surface area contributed by atoms with E-state index in [1.807, 2.05) is 24.3 Å². The molecule has 3 aromatic rings. The Morgan fingerprint density at radius 2 is 1.74 bits per heavy atom. The normalized spacial score (nSPS) is 11.0. The van der Waals surface area contributed by atoms with Gasteiger partial charge in [0.1, 0.15) is 23.8 Å². The molecule has 0 fully saturated rings. The second-order valence-corrected chi connectivity index (χ2v) is 7.36. The quantitative estimate of drug-likeness (QED) is 0.447. The number of amides is 1. The van der Waals surface area contributed by atoms with Crippen LogP contribution in [0.5, 0.6) is 11.5 Å². The molecule has 0 aliphatic carbocycles. The zero-order chi connectivity index (χ0) is 22.2. The van der Waals surface area contributed by atoms with Crippen LogP contribution in [0.2, 0.25) is 0 Å². The Morgan fingerprint density at radius 1 is 1.00 bits per heavy atom. The van der Waals surface area contributed by atoms with Crippen molar-refractivity contribution in [1.82, 2.24) is 5.32 Å². The van der Waals surface area contributed by atoms with E-state index in [-0.39, 0.29) is 5.70 Å². The lowest BCUT2D eigenvalue weighted by atomic mass is 10.1. The standard InChI is InChI=1S/C24H20BrNO5/c1-30-19-6-4-5-17(13-19)15-31-18-11-9-16(10-12-18)14-22(24(28)29)26-23(27)20-7-2-3-8-21(20)25/h2-14H,15H2,1H3,(H,26,27)(H,28,29)/b22-14+. The summed E-state index contributed by atoms with van der Waals surface area (Å²) in [5, 5.41) is 11.9. The maximum atomic E-state index is 12.4. The van der Waals surface area contributed by atoms with Crippen molar-refractivity contribution in [3.8, 4) is 11.5 Å². The van der Waals surface area contributed by atoms with Crippen molar-refractivity contribution in [3.63, 3.8) is 0 Å². The van der Waals surface area contributed by atoms with Gasteiger partial charge in [-0.3, -0.25) is 4.79 Å². The van der Waals surface area contributed by atoms with E-state index < -0.39 is 11.9 Å². The van der Waals surface area contributed by atoms with Gasteiger partial charge >= 0.3 is 5.97 Å². The van der Waals surface area contributed by atoms with Crippen LogP contribution in [0.15, 0.2) is 83.0 Å². The lowest BCUT2D eigenvalue weighted by Gasteiger charge is -2.09. The van der Waals surface area contributed by atoms with Crippen molar-refractivity contribution in [3.05, 3.63) is 99.7 Å². The van der Waals surface area contributed by atoms with E-state index in [0.717, 1.165) is 11.3 Å². The summed E-state index contributed by atoms with van der Waals surface area (Å²) in [5.74, 6) is -0.361. The van der Waals surface area contributed by atoms with E-state index in [9.17, 15) is 14.7 Å². The average Bonchev–Trinajstić information content (AvgIpc) is 2.78. The topological polar surface area (TPSA) is 84.9 Å². The van der Waals surface area contributed by atoms with E-state index in [2.05, 4.69) is 21.2 Å². The number of carboxylic acid groups (broad SMARTS) is 1. The van der Waals surface area contributed by atoms with E-state index in [1.165, 1.54) is 6.08 Å². The van der Waals surface area contributed by atoms with Gasteiger partial charge in [-0.2, -0.15) is 0 Å². The minimum atomic E-state index is -1.24. The molecule has 158 valence electrons. The summed E-state index contributed by atoms with van der Waals surface area (Å²) < 4.78 is 11.5. The fraction of sp³-hybridized carbons (Fsp3) is 0.0833. The summed E-state index contributed by atoms with van der Waals surface area (Å²) in [6.45, 7) is 0.370. The van der Waals surface area contributed by atoms with Crippen molar-refractivity contribution in [2.24, 2.45) is 0 Å². The Balaban J connectivity index is 1.68. The van der Waals surface area contributed by atoms with E-state index in [4.69, 9.17) is 9.47 Å². The number of carbonyl (C=O) groups excluding carboxylic acids is 1. The Hall–Kier alpha value is -3.58. The molecule has 0 aromatic heterocycles. The third-order valence-electron chi connectivity index (χ3n) is 4.33. The zero-order valence-electron chi connectivity index (χ0n) is 16.7. The predicted octanol–water partition coefficient (Wildman–Crippen LogP) is 4.89. The molecule has 0 spiro atoms. The van der Waals surface area contributed by atoms with Crippen molar-refractivity contribution in [2.45, 2.75) is 6.61 Å². The van der Waals surface area contributed by atoms with Crippen molar-refractivity contribution in [1.29, 1.82) is 0 Å². The summed E-state index contributed by atoms with van der Waals surface area (Å²) in [7, 11) is 1.61. The second kappa shape index (κ2) is 10.4. The number of benzene rings is 3. The molecule has 0 saturated heterocycles. The average molecular weight is 482 g/mol. The fourth-order valence-corrected chi connectivity index (χ4v) is 3.21. The molecule has 1 amide bonds. The van der Waals surface area contributed by atoms with Gasteiger partial charge in [0.25, 0.3) is 5.91 Å². The first kappa shape index (κ1) is 22.1. The highest BCUT2D eigenvalue weighted by molar-refractivity contribution is 9.10. The van der Waals surface area contributed by atoms with Crippen LogP contribution in [-0.4, -0.2) is 24.1 Å². The summed E-state index contributed by atoms with van der Waals surface area (Å²) in [6.07, 6.45) is 1.39. The third kappa shape index (κ3) is 6.20. The van der Waals surface area contributed by atoms with Gasteiger partial charge in [-0.15, -0.1) is 0 Å². The molecule has 0 atom stereocenters. The number of halogens is 1.